The first-order chi connectivity index (χ1) is 14.2. The van der Waals surface area contributed by atoms with Gasteiger partial charge in [-0.1, -0.05) is 35.5 Å². The van der Waals surface area contributed by atoms with Gasteiger partial charge < -0.3 is 19.9 Å². The van der Waals surface area contributed by atoms with Crippen molar-refractivity contribution in [3.8, 4) is 11.3 Å². The van der Waals surface area contributed by atoms with Crippen molar-refractivity contribution < 1.29 is 14.1 Å². The first-order valence-corrected chi connectivity index (χ1v) is 9.66. The molecule has 1 aliphatic heterocycles. The van der Waals surface area contributed by atoms with Gasteiger partial charge in [0.1, 0.15) is 23.0 Å². The maximum absolute atomic E-state index is 12.3. The van der Waals surface area contributed by atoms with E-state index in [0.29, 0.717) is 31.3 Å². The fourth-order valence-electron chi connectivity index (χ4n) is 3.24. The van der Waals surface area contributed by atoms with Crippen LogP contribution in [0.2, 0.25) is 0 Å². The number of hydrogen-bond acceptors (Lipinski definition) is 7. The van der Waals surface area contributed by atoms with Crippen molar-refractivity contribution in [3.05, 3.63) is 59.7 Å². The van der Waals surface area contributed by atoms with Crippen LogP contribution in [0.5, 0.6) is 0 Å². The molecule has 4 rings (SSSR count). The number of rotatable bonds is 6. The molecule has 3 heterocycles. The average molecular weight is 393 g/mol. The molecule has 29 heavy (non-hydrogen) atoms. The molecule has 1 saturated heterocycles. The van der Waals surface area contributed by atoms with Crippen LogP contribution in [0.1, 0.15) is 34.7 Å². The first kappa shape index (κ1) is 19.1. The summed E-state index contributed by atoms with van der Waals surface area (Å²) >= 11 is 0. The number of hydrogen-bond donors (Lipinski definition) is 2. The molecule has 8 nitrogen and oxygen atoms in total. The smallest absolute Gasteiger partial charge is 0.271 e. The van der Waals surface area contributed by atoms with Crippen LogP contribution in [0.25, 0.3) is 11.3 Å². The van der Waals surface area contributed by atoms with Crippen molar-refractivity contribution in [3.63, 3.8) is 0 Å². The van der Waals surface area contributed by atoms with Gasteiger partial charge in [0, 0.05) is 36.9 Å². The van der Waals surface area contributed by atoms with Crippen LogP contribution in [-0.4, -0.2) is 40.3 Å². The van der Waals surface area contributed by atoms with E-state index in [-0.39, 0.29) is 11.9 Å². The maximum Gasteiger partial charge on any atom is 0.271 e. The highest BCUT2D eigenvalue weighted by atomic mass is 16.5. The van der Waals surface area contributed by atoms with E-state index in [9.17, 15) is 4.79 Å². The maximum atomic E-state index is 12.3. The van der Waals surface area contributed by atoms with E-state index in [0.717, 1.165) is 35.4 Å². The highest BCUT2D eigenvalue weighted by molar-refractivity contribution is 5.92. The van der Waals surface area contributed by atoms with E-state index in [4.69, 9.17) is 9.26 Å². The Labute approximate surface area is 168 Å². The van der Waals surface area contributed by atoms with Gasteiger partial charge in [-0.15, -0.1) is 0 Å². The molecule has 2 N–H and O–H groups in total. The zero-order valence-corrected chi connectivity index (χ0v) is 16.2. The third kappa shape index (κ3) is 4.60. The molecule has 0 radical (unpaired) electrons. The van der Waals surface area contributed by atoms with Crippen molar-refractivity contribution in [2.24, 2.45) is 0 Å². The van der Waals surface area contributed by atoms with Gasteiger partial charge in [-0.3, -0.25) is 4.79 Å². The molecule has 0 saturated carbocycles. The minimum atomic E-state index is -0.211. The van der Waals surface area contributed by atoms with E-state index in [1.54, 1.807) is 6.20 Å². The Kier molecular flexibility index (Phi) is 5.81. The normalized spacial score (nSPS) is 14.5. The van der Waals surface area contributed by atoms with Gasteiger partial charge in [0.15, 0.2) is 0 Å². The summed E-state index contributed by atoms with van der Waals surface area (Å²) in [5.74, 6) is 1.11. The fraction of sp³-hybridized carbons (Fsp3) is 0.333. The van der Waals surface area contributed by atoms with Crippen molar-refractivity contribution in [2.45, 2.75) is 32.4 Å². The number of amides is 1. The van der Waals surface area contributed by atoms with Gasteiger partial charge in [0.05, 0.1) is 12.4 Å². The molecule has 150 valence electrons. The molecule has 8 heteroatoms. The van der Waals surface area contributed by atoms with Crippen molar-refractivity contribution >= 4 is 11.7 Å². The zero-order valence-electron chi connectivity index (χ0n) is 16.2. The SMILES string of the molecule is Cc1onc(-c2ccccc2)c1CNc1cnc(C(=O)NC2CCOCC2)cn1. The van der Waals surface area contributed by atoms with E-state index in [1.165, 1.54) is 6.20 Å². The second kappa shape index (κ2) is 8.83. The lowest BCUT2D eigenvalue weighted by atomic mass is 10.1. The molecule has 0 atom stereocenters. The number of aryl methyl sites for hydroxylation is 1. The van der Waals surface area contributed by atoms with Crippen LogP contribution < -0.4 is 10.6 Å². The second-order valence-corrected chi connectivity index (χ2v) is 6.93. The molecule has 1 aliphatic rings. The molecular weight excluding hydrogens is 370 g/mol. The van der Waals surface area contributed by atoms with Gasteiger partial charge in [-0.2, -0.15) is 0 Å². The molecule has 1 aromatic carbocycles. The Morgan fingerprint density at radius 3 is 2.66 bits per heavy atom. The number of carbonyl (C=O) groups excluding carboxylic acids is 1. The monoisotopic (exact) mass is 393 g/mol. The summed E-state index contributed by atoms with van der Waals surface area (Å²) in [6, 6.07) is 10.0. The Hall–Kier alpha value is -3.26. The van der Waals surface area contributed by atoms with Crippen molar-refractivity contribution in [1.29, 1.82) is 0 Å². The molecule has 1 amide bonds. The number of anilines is 1. The third-order valence-electron chi connectivity index (χ3n) is 4.92. The van der Waals surface area contributed by atoms with Crippen LogP contribution in [-0.2, 0) is 11.3 Å². The average Bonchev–Trinajstić information content (AvgIpc) is 3.14. The minimum Gasteiger partial charge on any atom is -0.381 e. The highest BCUT2D eigenvalue weighted by Gasteiger charge is 2.18. The zero-order chi connectivity index (χ0) is 20.1. The quantitative estimate of drug-likeness (QED) is 0.664. The second-order valence-electron chi connectivity index (χ2n) is 6.93. The van der Waals surface area contributed by atoms with Crippen LogP contribution in [0.3, 0.4) is 0 Å². The Morgan fingerprint density at radius 2 is 1.93 bits per heavy atom. The molecule has 0 unspecified atom stereocenters. The number of aromatic nitrogens is 3. The Bertz CT molecular complexity index is 950. The summed E-state index contributed by atoms with van der Waals surface area (Å²) in [7, 11) is 0. The molecular formula is C21H23N5O3. The topological polar surface area (TPSA) is 102 Å². The minimum absolute atomic E-state index is 0.129. The molecule has 2 aromatic heterocycles. The molecule has 0 spiro atoms. The summed E-state index contributed by atoms with van der Waals surface area (Å²) in [6.07, 6.45) is 4.68. The Balaban J connectivity index is 1.39. The lowest BCUT2D eigenvalue weighted by molar-refractivity contribution is 0.0694. The van der Waals surface area contributed by atoms with E-state index >= 15 is 0 Å². The van der Waals surface area contributed by atoms with Crippen molar-refractivity contribution in [1.82, 2.24) is 20.4 Å². The predicted molar refractivity (Wildman–Crippen MR) is 107 cm³/mol. The van der Waals surface area contributed by atoms with Gasteiger partial charge >= 0.3 is 0 Å². The van der Waals surface area contributed by atoms with Gasteiger partial charge in [-0.05, 0) is 19.8 Å². The molecule has 0 bridgehead atoms. The van der Waals surface area contributed by atoms with E-state index in [2.05, 4.69) is 25.8 Å². The number of carbonyl (C=O) groups is 1. The summed E-state index contributed by atoms with van der Waals surface area (Å²) in [4.78, 5) is 20.9. The van der Waals surface area contributed by atoms with Gasteiger partial charge in [-0.25, -0.2) is 9.97 Å². The predicted octanol–water partition coefficient (Wildman–Crippen LogP) is 2.96. The fourth-order valence-corrected chi connectivity index (χ4v) is 3.24. The van der Waals surface area contributed by atoms with Gasteiger partial charge in [0.2, 0.25) is 0 Å². The van der Waals surface area contributed by atoms with Crippen LogP contribution >= 0.6 is 0 Å². The van der Waals surface area contributed by atoms with Crippen LogP contribution in [0.4, 0.5) is 5.82 Å². The first-order valence-electron chi connectivity index (χ1n) is 9.66. The third-order valence-corrected chi connectivity index (χ3v) is 4.92. The van der Waals surface area contributed by atoms with E-state index in [1.807, 2.05) is 37.3 Å². The lowest BCUT2D eigenvalue weighted by Gasteiger charge is -2.22. The molecule has 3 aromatic rings. The summed E-state index contributed by atoms with van der Waals surface area (Å²) in [6.45, 7) is 3.72. The summed E-state index contributed by atoms with van der Waals surface area (Å²) in [5, 5.41) is 10.4. The van der Waals surface area contributed by atoms with Crippen LogP contribution in [0.15, 0.2) is 47.2 Å². The number of nitrogens with zero attached hydrogens (tertiary/aromatic N) is 3. The molecule has 1 fully saturated rings. The summed E-state index contributed by atoms with van der Waals surface area (Å²) in [5.41, 5.74) is 3.05. The number of ether oxygens (including phenoxy) is 1. The number of benzene rings is 1. The number of nitrogens with one attached hydrogen (secondary N) is 2. The van der Waals surface area contributed by atoms with E-state index < -0.39 is 0 Å². The standard InChI is InChI=1S/C21H23N5O3/c1-14-17(20(26-29-14)15-5-3-2-4-6-15)11-23-19-13-22-18(12-24-19)21(27)25-16-7-9-28-10-8-16/h2-6,12-13,16H,7-11H2,1H3,(H,23,24)(H,25,27). The largest absolute Gasteiger partial charge is 0.381 e. The lowest BCUT2D eigenvalue weighted by Crippen LogP contribution is -2.39. The van der Waals surface area contributed by atoms with Gasteiger partial charge in [0.25, 0.3) is 5.91 Å². The Morgan fingerprint density at radius 1 is 1.14 bits per heavy atom. The van der Waals surface area contributed by atoms with Crippen LogP contribution in [0, 0.1) is 6.92 Å². The molecule has 0 aliphatic carbocycles. The summed E-state index contributed by atoms with van der Waals surface area (Å²) < 4.78 is 10.7. The van der Waals surface area contributed by atoms with Crippen molar-refractivity contribution in [2.75, 3.05) is 18.5 Å². The highest BCUT2D eigenvalue weighted by Crippen LogP contribution is 2.25.